The van der Waals surface area contributed by atoms with Crippen molar-refractivity contribution in [1.29, 1.82) is 0 Å². The van der Waals surface area contributed by atoms with E-state index in [1.807, 2.05) is 12.1 Å². The molecule has 29 heavy (non-hydrogen) atoms. The van der Waals surface area contributed by atoms with Crippen molar-refractivity contribution < 1.29 is 14.5 Å². The second kappa shape index (κ2) is 9.22. The van der Waals surface area contributed by atoms with Crippen molar-refractivity contribution in [2.75, 3.05) is 5.75 Å². The molecular formula is C18H14ClN5O4S. The number of carbonyl (C=O) groups excluding carboxylic acids is 2. The van der Waals surface area contributed by atoms with E-state index in [9.17, 15) is 19.7 Å². The van der Waals surface area contributed by atoms with Gasteiger partial charge in [0.25, 0.3) is 11.6 Å². The molecule has 0 spiro atoms. The lowest BCUT2D eigenvalue weighted by molar-refractivity contribution is -0.384. The number of hydrazine groups is 1. The molecule has 148 valence electrons. The third kappa shape index (κ3) is 5.33. The van der Waals surface area contributed by atoms with Crippen LogP contribution in [0, 0.1) is 10.1 Å². The number of imidazole rings is 1. The van der Waals surface area contributed by atoms with Gasteiger partial charge in [-0.15, -0.1) is 0 Å². The van der Waals surface area contributed by atoms with Crippen molar-refractivity contribution in [3.05, 3.63) is 81.6 Å². The highest BCUT2D eigenvalue weighted by atomic mass is 35.5. The summed E-state index contributed by atoms with van der Waals surface area (Å²) in [6.45, 7) is 0. The zero-order chi connectivity index (χ0) is 20.8. The summed E-state index contributed by atoms with van der Waals surface area (Å²) in [4.78, 5) is 38.5. The van der Waals surface area contributed by atoms with Gasteiger partial charge in [0.15, 0.2) is 5.16 Å². The van der Waals surface area contributed by atoms with E-state index in [0.717, 1.165) is 11.8 Å². The van der Waals surface area contributed by atoms with Crippen LogP contribution in [-0.2, 0) is 4.79 Å². The summed E-state index contributed by atoms with van der Waals surface area (Å²) >= 11 is 7.07. The van der Waals surface area contributed by atoms with Crippen molar-refractivity contribution in [1.82, 2.24) is 20.4 Å². The van der Waals surface area contributed by atoms with Crippen molar-refractivity contribution in [2.24, 2.45) is 0 Å². The lowest BCUT2D eigenvalue weighted by Crippen LogP contribution is -2.42. The summed E-state index contributed by atoms with van der Waals surface area (Å²) in [6.07, 6.45) is 3.37. The number of benzene rings is 2. The van der Waals surface area contributed by atoms with E-state index in [2.05, 4.69) is 15.8 Å². The summed E-state index contributed by atoms with van der Waals surface area (Å²) in [7, 11) is 0. The predicted molar refractivity (Wildman–Crippen MR) is 108 cm³/mol. The molecule has 0 saturated heterocycles. The molecule has 0 aliphatic heterocycles. The minimum absolute atomic E-state index is 0.000178. The Hall–Kier alpha value is -3.37. The van der Waals surface area contributed by atoms with Crippen LogP contribution < -0.4 is 10.9 Å². The number of rotatable bonds is 6. The molecule has 2 aromatic carbocycles. The SMILES string of the molecule is O=C(CSc1nccn1-c1ccc(Cl)cc1)NNC(=O)c1cccc([N+](=O)[O-])c1. The topological polar surface area (TPSA) is 119 Å². The van der Waals surface area contributed by atoms with E-state index in [4.69, 9.17) is 11.6 Å². The third-order valence-corrected chi connectivity index (χ3v) is 4.90. The number of aromatic nitrogens is 2. The maximum atomic E-state index is 12.0. The van der Waals surface area contributed by atoms with Crippen molar-refractivity contribution in [2.45, 2.75) is 5.16 Å². The van der Waals surface area contributed by atoms with E-state index in [1.165, 1.54) is 30.0 Å². The molecule has 11 heteroatoms. The number of hydrogen-bond donors (Lipinski definition) is 2. The first-order chi connectivity index (χ1) is 13.9. The molecule has 0 fully saturated rings. The number of hydrogen-bond acceptors (Lipinski definition) is 6. The number of nitrogens with zero attached hydrogens (tertiary/aromatic N) is 3. The molecule has 0 atom stereocenters. The van der Waals surface area contributed by atoms with Crippen LogP contribution in [0.5, 0.6) is 0 Å². The van der Waals surface area contributed by atoms with E-state index >= 15 is 0 Å². The minimum Gasteiger partial charge on any atom is -0.295 e. The number of thioether (sulfide) groups is 1. The van der Waals surface area contributed by atoms with Crippen LogP contribution in [0.15, 0.2) is 66.1 Å². The maximum Gasteiger partial charge on any atom is 0.270 e. The van der Waals surface area contributed by atoms with Gasteiger partial charge in [-0.1, -0.05) is 29.4 Å². The average Bonchev–Trinajstić information content (AvgIpc) is 3.19. The summed E-state index contributed by atoms with van der Waals surface area (Å²) in [6, 6.07) is 12.4. The molecule has 0 saturated carbocycles. The summed E-state index contributed by atoms with van der Waals surface area (Å²) < 4.78 is 1.80. The Morgan fingerprint density at radius 3 is 2.66 bits per heavy atom. The molecule has 0 unspecified atom stereocenters. The van der Waals surface area contributed by atoms with Crippen LogP contribution in [0.3, 0.4) is 0 Å². The van der Waals surface area contributed by atoms with Crippen LogP contribution in [0.4, 0.5) is 5.69 Å². The minimum atomic E-state index is -0.658. The summed E-state index contributed by atoms with van der Waals surface area (Å²) in [5, 5.41) is 12.0. The summed E-state index contributed by atoms with van der Waals surface area (Å²) in [5.41, 5.74) is 5.19. The monoisotopic (exact) mass is 431 g/mol. The largest absolute Gasteiger partial charge is 0.295 e. The normalized spacial score (nSPS) is 10.4. The number of nitro benzene ring substituents is 1. The molecule has 0 aliphatic rings. The number of nitro groups is 1. The first-order valence-electron chi connectivity index (χ1n) is 8.20. The van der Waals surface area contributed by atoms with E-state index in [-0.39, 0.29) is 17.0 Å². The fraction of sp³-hybridized carbons (Fsp3) is 0.0556. The zero-order valence-electron chi connectivity index (χ0n) is 14.7. The Morgan fingerprint density at radius 1 is 1.17 bits per heavy atom. The highest BCUT2D eigenvalue weighted by molar-refractivity contribution is 7.99. The highest BCUT2D eigenvalue weighted by Gasteiger charge is 2.13. The van der Waals surface area contributed by atoms with Gasteiger partial charge in [-0.05, 0) is 30.3 Å². The highest BCUT2D eigenvalue weighted by Crippen LogP contribution is 2.21. The molecule has 0 bridgehead atoms. The Kier molecular flexibility index (Phi) is 6.47. The molecule has 2 amide bonds. The van der Waals surface area contributed by atoms with E-state index in [1.54, 1.807) is 29.1 Å². The van der Waals surface area contributed by atoms with Gasteiger partial charge in [-0.2, -0.15) is 0 Å². The number of non-ortho nitro benzene ring substituents is 1. The van der Waals surface area contributed by atoms with Gasteiger partial charge in [0.2, 0.25) is 5.91 Å². The van der Waals surface area contributed by atoms with Crippen LogP contribution in [0.2, 0.25) is 5.02 Å². The Labute approximate surface area is 174 Å². The number of carbonyl (C=O) groups is 2. The Bertz CT molecular complexity index is 1050. The molecule has 1 heterocycles. The molecule has 3 aromatic rings. The van der Waals surface area contributed by atoms with Crippen molar-refractivity contribution in [3.63, 3.8) is 0 Å². The van der Waals surface area contributed by atoms with Crippen LogP contribution in [-0.4, -0.2) is 32.0 Å². The molecule has 0 radical (unpaired) electrons. The predicted octanol–water partition coefficient (Wildman–Crippen LogP) is 2.99. The second-order valence-electron chi connectivity index (χ2n) is 5.65. The lowest BCUT2D eigenvalue weighted by Gasteiger charge is -2.09. The fourth-order valence-corrected chi connectivity index (χ4v) is 3.22. The number of amides is 2. The van der Waals surface area contributed by atoms with E-state index in [0.29, 0.717) is 10.2 Å². The lowest BCUT2D eigenvalue weighted by atomic mass is 10.2. The number of nitrogens with one attached hydrogen (secondary N) is 2. The first kappa shape index (κ1) is 20.4. The van der Waals surface area contributed by atoms with Gasteiger partial charge in [0, 0.05) is 40.8 Å². The Balaban J connectivity index is 1.54. The van der Waals surface area contributed by atoms with Gasteiger partial charge >= 0.3 is 0 Å². The Morgan fingerprint density at radius 2 is 1.93 bits per heavy atom. The van der Waals surface area contributed by atoms with Gasteiger partial charge in [0.05, 0.1) is 10.7 Å². The van der Waals surface area contributed by atoms with E-state index < -0.39 is 16.7 Å². The zero-order valence-corrected chi connectivity index (χ0v) is 16.3. The number of halogens is 1. The molecule has 0 aliphatic carbocycles. The van der Waals surface area contributed by atoms with Crippen LogP contribution in [0.25, 0.3) is 5.69 Å². The van der Waals surface area contributed by atoms with Crippen molar-refractivity contribution >= 4 is 40.9 Å². The third-order valence-electron chi connectivity index (χ3n) is 3.68. The molecule has 1 aromatic heterocycles. The first-order valence-corrected chi connectivity index (χ1v) is 9.56. The quantitative estimate of drug-likeness (QED) is 0.352. The van der Waals surface area contributed by atoms with Gasteiger partial charge in [-0.3, -0.25) is 35.1 Å². The molecule has 3 rings (SSSR count). The molecule has 2 N–H and O–H groups in total. The molecule has 9 nitrogen and oxygen atoms in total. The van der Waals surface area contributed by atoms with Crippen LogP contribution in [0.1, 0.15) is 10.4 Å². The smallest absolute Gasteiger partial charge is 0.270 e. The molecular weight excluding hydrogens is 418 g/mol. The van der Waals surface area contributed by atoms with Crippen LogP contribution >= 0.6 is 23.4 Å². The summed E-state index contributed by atoms with van der Waals surface area (Å²) in [5.74, 6) is -1.12. The van der Waals surface area contributed by atoms with Gasteiger partial charge in [-0.25, -0.2) is 4.98 Å². The van der Waals surface area contributed by atoms with Crippen molar-refractivity contribution in [3.8, 4) is 5.69 Å². The maximum absolute atomic E-state index is 12.0. The average molecular weight is 432 g/mol. The second-order valence-corrected chi connectivity index (χ2v) is 7.03. The van der Waals surface area contributed by atoms with Gasteiger partial charge < -0.3 is 0 Å². The van der Waals surface area contributed by atoms with Gasteiger partial charge in [0.1, 0.15) is 0 Å². The fourth-order valence-electron chi connectivity index (χ4n) is 2.32. The standard InChI is InChI=1S/C18H14ClN5O4S/c19-13-4-6-14(7-5-13)23-9-8-20-18(23)29-11-16(25)21-22-17(26)12-2-1-3-15(10-12)24(27)28/h1-10H,11H2,(H,21,25)(H,22,26).